The Bertz CT molecular complexity index is 903. The molecule has 33 heavy (non-hydrogen) atoms. The highest BCUT2D eigenvalue weighted by molar-refractivity contribution is 8.13. The predicted octanol–water partition coefficient (Wildman–Crippen LogP) is 5.85. The normalized spacial score (nSPS) is 16.6. The lowest BCUT2D eigenvalue weighted by molar-refractivity contribution is -0.152. The fourth-order valence-corrected chi connectivity index (χ4v) is 5.26. The SMILES string of the molecule is CCC(C)(C)C(=O)C(=O)N1CCCC[C@H]1C(=O)SCCC(c1ccccc1)c1ccccc1. The third-order valence-electron chi connectivity index (χ3n) is 6.78. The van der Waals surface area contributed by atoms with Crippen molar-refractivity contribution in [1.29, 1.82) is 0 Å². The van der Waals surface area contributed by atoms with Crippen molar-refractivity contribution in [3.8, 4) is 0 Å². The molecule has 0 spiro atoms. The second kappa shape index (κ2) is 11.6. The molecule has 1 atom stereocenters. The molecule has 4 nitrogen and oxygen atoms in total. The van der Waals surface area contributed by atoms with Crippen LogP contribution < -0.4 is 0 Å². The van der Waals surface area contributed by atoms with Crippen molar-refractivity contribution in [3.63, 3.8) is 0 Å². The lowest BCUT2D eigenvalue weighted by Crippen LogP contribution is -2.52. The standard InChI is InChI=1S/C28H35NO3S/c1-4-28(2,3)25(30)26(31)29-19-12-11-17-24(29)27(32)33-20-18-23(21-13-7-5-8-14-21)22-15-9-6-10-16-22/h5-10,13-16,23-24H,4,11-12,17-20H2,1-3H3/t24-/m0/s1. The number of Topliss-reactive ketones (excluding diaryl/α,β-unsaturated/α-hetero) is 1. The molecule has 2 aromatic rings. The van der Waals surface area contributed by atoms with E-state index in [0.29, 0.717) is 25.1 Å². The molecule has 1 aliphatic heterocycles. The molecule has 1 aliphatic rings. The summed E-state index contributed by atoms with van der Waals surface area (Å²) in [5.74, 6) is -0.00109. The molecule has 1 amide bonds. The Morgan fingerprint density at radius 1 is 0.970 bits per heavy atom. The molecule has 0 aromatic heterocycles. The van der Waals surface area contributed by atoms with Crippen LogP contribution in [0.5, 0.6) is 0 Å². The highest BCUT2D eigenvalue weighted by Crippen LogP contribution is 2.31. The van der Waals surface area contributed by atoms with Gasteiger partial charge in [0.25, 0.3) is 5.91 Å². The second-order valence-corrected chi connectivity index (χ2v) is 10.5. The first-order valence-corrected chi connectivity index (χ1v) is 13.0. The molecule has 1 fully saturated rings. The summed E-state index contributed by atoms with van der Waals surface area (Å²) < 4.78 is 0. The Balaban J connectivity index is 1.66. The molecule has 0 saturated carbocycles. The number of piperidine rings is 1. The van der Waals surface area contributed by atoms with Crippen LogP contribution in [0.15, 0.2) is 60.7 Å². The first-order chi connectivity index (χ1) is 15.8. The molecule has 3 rings (SSSR count). The van der Waals surface area contributed by atoms with E-state index in [9.17, 15) is 14.4 Å². The monoisotopic (exact) mass is 465 g/mol. The van der Waals surface area contributed by atoms with E-state index in [1.54, 1.807) is 18.7 Å². The van der Waals surface area contributed by atoms with Crippen molar-refractivity contribution >= 4 is 28.6 Å². The van der Waals surface area contributed by atoms with E-state index in [1.807, 2.05) is 43.3 Å². The van der Waals surface area contributed by atoms with Gasteiger partial charge >= 0.3 is 0 Å². The summed E-state index contributed by atoms with van der Waals surface area (Å²) in [5.41, 5.74) is 1.77. The van der Waals surface area contributed by atoms with E-state index < -0.39 is 17.4 Å². The minimum Gasteiger partial charge on any atom is -0.325 e. The number of hydrogen-bond donors (Lipinski definition) is 0. The molecular formula is C28H35NO3S. The minimum absolute atomic E-state index is 0.00466. The average molecular weight is 466 g/mol. The minimum atomic E-state index is -0.701. The van der Waals surface area contributed by atoms with Gasteiger partial charge in [-0.05, 0) is 43.2 Å². The second-order valence-electron chi connectivity index (χ2n) is 9.41. The van der Waals surface area contributed by atoms with E-state index in [0.717, 1.165) is 19.3 Å². The van der Waals surface area contributed by atoms with Crippen LogP contribution in [0.25, 0.3) is 0 Å². The number of benzene rings is 2. The number of rotatable bonds is 9. The van der Waals surface area contributed by atoms with Crippen molar-refractivity contribution in [2.45, 2.75) is 64.8 Å². The molecule has 1 heterocycles. The van der Waals surface area contributed by atoms with Crippen LogP contribution in [0.2, 0.25) is 0 Å². The Labute approximate surface area is 202 Å². The summed E-state index contributed by atoms with van der Waals surface area (Å²) in [7, 11) is 0. The van der Waals surface area contributed by atoms with Crippen molar-refractivity contribution in [3.05, 3.63) is 71.8 Å². The molecule has 0 bridgehead atoms. The van der Waals surface area contributed by atoms with E-state index in [1.165, 1.54) is 22.9 Å². The maximum absolute atomic E-state index is 13.2. The molecule has 0 aliphatic carbocycles. The molecule has 1 saturated heterocycles. The van der Waals surface area contributed by atoms with Crippen LogP contribution >= 0.6 is 11.8 Å². The van der Waals surface area contributed by atoms with E-state index in [4.69, 9.17) is 0 Å². The smallest absolute Gasteiger partial charge is 0.291 e. The largest absolute Gasteiger partial charge is 0.325 e. The summed E-state index contributed by atoms with van der Waals surface area (Å²) in [4.78, 5) is 40.5. The Morgan fingerprint density at radius 3 is 2.09 bits per heavy atom. The van der Waals surface area contributed by atoms with Gasteiger partial charge in [0.2, 0.25) is 10.9 Å². The maximum atomic E-state index is 13.2. The van der Waals surface area contributed by atoms with Crippen LogP contribution in [0.4, 0.5) is 0 Å². The Morgan fingerprint density at radius 2 is 1.55 bits per heavy atom. The highest BCUT2D eigenvalue weighted by Gasteiger charge is 2.39. The van der Waals surface area contributed by atoms with E-state index in [2.05, 4.69) is 24.3 Å². The molecule has 176 valence electrons. The lowest BCUT2D eigenvalue weighted by Gasteiger charge is -2.35. The molecule has 0 radical (unpaired) electrons. The van der Waals surface area contributed by atoms with Gasteiger partial charge in [-0.3, -0.25) is 14.4 Å². The molecule has 0 N–H and O–H groups in total. The Hall–Kier alpha value is -2.40. The highest BCUT2D eigenvalue weighted by atomic mass is 32.2. The van der Waals surface area contributed by atoms with Gasteiger partial charge < -0.3 is 4.90 Å². The first kappa shape index (κ1) is 25.2. The van der Waals surface area contributed by atoms with E-state index >= 15 is 0 Å². The number of nitrogens with zero attached hydrogens (tertiary/aromatic N) is 1. The maximum Gasteiger partial charge on any atom is 0.291 e. The van der Waals surface area contributed by atoms with Crippen LogP contribution in [0.1, 0.15) is 69.9 Å². The average Bonchev–Trinajstić information content (AvgIpc) is 2.86. The molecule has 0 unspecified atom stereocenters. The van der Waals surface area contributed by atoms with Gasteiger partial charge in [-0.2, -0.15) is 0 Å². The number of thioether (sulfide) groups is 1. The summed E-state index contributed by atoms with van der Waals surface area (Å²) in [6.45, 7) is 6.00. The van der Waals surface area contributed by atoms with Crippen molar-refractivity contribution in [1.82, 2.24) is 4.90 Å². The molecule has 5 heteroatoms. The fraction of sp³-hybridized carbons (Fsp3) is 0.464. The van der Waals surface area contributed by atoms with E-state index in [-0.39, 0.29) is 16.8 Å². The third-order valence-corrected chi connectivity index (χ3v) is 7.78. The number of carbonyl (C=O) groups excluding carboxylic acids is 3. The Kier molecular flexibility index (Phi) is 8.90. The van der Waals surface area contributed by atoms with Gasteiger partial charge in [0.15, 0.2) is 0 Å². The van der Waals surface area contributed by atoms with Gasteiger partial charge in [-0.25, -0.2) is 0 Å². The molecular weight excluding hydrogens is 430 g/mol. The number of hydrogen-bond acceptors (Lipinski definition) is 4. The number of carbonyl (C=O) groups is 3. The van der Waals surface area contributed by atoms with Crippen LogP contribution in [-0.4, -0.2) is 40.0 Å². The van der Waals surface area contributed by atoms with Crippen molar-refractivity contribution < 1.29 is 14.4 Å². The summed E-state index contributed by atoms with van der Waals surface area (Å²) in [6.07, 6.45) is 3.80. The van der Waals surface area contributed by atoms with Gasteiger partial charge in [-0.1, -0.05) is 93.2 Å². The topological polar surface area (TPSA) is 54.5 Å². The van der Waals surface area contributed by atoms with Crippen LogP contribution in [0.3, 0.4) is 0 Å². The predicted molar refractivity (Wildman–Crippen MR) is 135 cm³/mol. The zero-order chi connectivity index (χ0) is 23.8. The first-order valence-electron chi connectivity index (χ1n) is 12.0. The third kappa shape index (κ3) is 6.35. The number of ketones is 1. The summed E-state index contributed by atoms with van der Waals surface area (Å²) in [5, 5.41) is 0.00466. The van der Waals surface area contributed by atoms with Crippen LogP contribution in [0, 0.1) is 5.41 Å². The van der Waals surface area contributed by atoms with Gasteiger partial charge in [0.1, 0.15) is 6.04 Å². The zero-order valence-electron chi connectivity index (χ0n) is 20.0. The fourth-order valence-electron chi connectivity index (χ4n) is 4.27. The quantitative estimate of drug-likeness (QED) is 0.436. The van der Waals surface area contributed by atoms with Crippen LogP contribution in [-0.2, 0) is 14.4 Å². The molecule has 2 aromatic carbocycles. The number of amides is 1. The lowest BCUT2D eigenvalue weighted by atomic mass is 9.84. The van der Waals surface area contributed by atoms with Gasteiger partial charge in [0.05, 0.1) is 0 Å². The van der Waals surface area contributed by atoms with Crippen molar-refractivity contribution in [2.24, 2.45) is 5.41 Å². The number of likely N-dealkylation sites (tertiary alicyclic amines) is 1. The summed E-state index contributed by atoms with van der Waals surface area (Å²) >= 11 is 1.30. The van der Waals surface area contributed by atoms with Gasteiger partial charge in [0, 0.05) is 23.6 Å². The zero-order valence-corrected chi connectivity index (χ0v) is 20.8. The van der Waals surface area contributed by atoms with Gasteiger partial charge in [-0.15, -0.1) is 0 Å². The van der Waals surface area contributed by atoms with Crippen molar-refractivity contribution in [2.75, 3.05) is 12.3 Å². The summed E-state index contributed by atoms with van der Waals surface area (Å²) in [6, 6.07) is 20.2.